The molecule has 1 aliphatic heterocycles. The third-order valence-corrected chi connectivity index (χ3v) is 4.66. The van der Waals surface area contributed by atoms with Crippen molar-refractivity contribution in [3.05, 3.63) is 38.2 Å². The van der Waals surface area contributed by atoms with Gasteiger partial charge in [0.25, 0.3) is 0 Å². The normalized spacial score (nSPS) is 14.5. The van der Waals surface area contributed by atoms with Crippen LogP contribution >= 0.6 is 46.4 Å². The van der Waals surface area contributed by atoms with Crippen LogP contribution in [-0.2, 0) is 13.1 Å². The zero-order chi connectivity index (χ0) is 13.6. The Bertz CT molecular complexity index is 651. The number of benzene rings is 1. The zero-order valence-corrected chi connectivity index (χ0v) is 12.7. The van der Waals surface area contributed by atoms with Crippen LogP contribution in [0.5, 0.6) is 0 Å². The Hall–Kier alpha value is -0.450. The summed E-state index contributed by atoms with van der Waals surface area (Å²) in [6, 6.07) is 1.60. The maximum Gasteiger partial charge on any atom is 0.123 e. The summed E-state index contributed by atoms with van der Waals surface area (Å²) in [6.07, 6.45) is 1.76. The van der Waals surface area contributed by atoms with Gasteiger partial charge in [-0.25, -0.2) is 4.98 Å². The first kappa shape index (κ1) is 13.5. The molecule has 100 valence electrons. The third-order valence-electron chi connectivity index (χ3n) is 3.10. The van der Waals surface area contributed by atoms with Gasteiger partial charge in [0.1, 0.15) is 5.82 Å². The molecule has 0 unspecified atom stereocenters. The topological polar surface area (TPSA) is 29.9 Å². The molecule has 0 radical (unpaired) electrons. The summed E-state index contributed by atoms with van der Waals surface area (Å²) < 4.78 is 2.09. The van der Waals surface area contributed by atoms with Gasteiger partial charge in [-0.3, -0.25) is 0 Å². The summed E-state index contributed by atoms with van der Waals surface area (Å²) in [6.45, 7) is 2.43. The van der Waals surface area contributed by atoms with E-state index < -0.39 is 0 Å². The molecular weight excluding hydrogens is 328 g/mol. The van der Waals surface area contributed by atoms with E-state index in [9.17, 15) is 0 Å². The van der Waals surface area contributed by atoms with Crippen molar-refractivity contribution in [2.24, 2.45) is 0 Å². The van der Waals surface area contributed by atoms with Crippen molar-refractivity contribution in [3.8, 4) is 11.3 Å². The van der Waals surface area contributed by atoms with Gasteiger partial charge < -0.3 is 9.88 Å². The van der Waals surface area contributed by atoms with Crippen LogP contribution < -0.4 is 5.32 Å². The fourth-order valence-electron chi connectivity index (χ4n) is 2.20. The molecule has 2 aromatic rings. The number of aromatic nitrogens is 2. The minimum absolute atomic E-state index is 0.312. The number of nitrogens with one attached hydrogen (secondary N) is 1. The standard InChI is InChI=1S/C12H9Cl4N3/c13-6-3-7(14)11(15)12(16)10(6)8-4-18-9-5-17-1-2-19(8)9/h3-4,17H,1-2,5H2. The molecular formula is C12H9Cl4N3. The molecule has 0 saturated carbocycles. The molecule has 1 aliphatic rings. The Kier molecular flexibility index (Phi) is 3.67. The van der Waals surface area contributed by atoms with E-state index in [1.807, 2.05) is 0 Å². The molecule has 7 heteroatoms. The summed E-state index contributed by atoms with van der Waals surface area (Å²) in [4.78, 5) is 4.37. The fraction of sp³-hybridized carbons (Fsp3) is 0.250. The van der Waals surface area contributed by atoms with Crippen LogP contribution in [0.1, 0.15) is 5.82 Å². The van der Waals surface area contributed by atoms with Crippen LogP contribution in [0, 0.1) is 0 Å². The highest BCUT2D eigenvalue weighted by atomic mass is 35.5. The Morgan fingerprint density at radius 3 is 2.68 bits per heavy atom. The molecule has 3 rings (SSSR count). The minimum atomic E-state index is 0.312. The van der Waals surface area contributed by atoms with E-state index in [4.69, 9.17) is 46.4 Å². The molecule has 0 fully saturated rings. The molecule has 3 nitrogen and oxygen atoms in total. The predicted molar refractivity (Wildman–Crippen MR) is 79.4 cm³/mol. The van der Waals surface area contributed by atoms with Crippen molar-refractivity contribution < 1.29 is 0 Å². The highest BCUT2D eigenvalue weighted by Gasteiger charge is 2.21. The minimum Gasteiger partial charge on any atom is -0.326 e. The van der Waals surface area contributed by atoms with Gasteiger partial charge in [-0.2, -0.15) is 0 Å². The number of imidazole rings is 1. The number of fused-ring (bicyclic) bond motifs is 1. The van der Waals surface area contributed by atoms with Gasteiger partial charge in [0, 0.05) is 18.7 Å². The smallest absolute Gasteiger partial charge is 0.123 e. The average molecular weight is 337 g/mol. The quantitative estimate of drug-likeness (QED) is 0.622. The van der Waals surface area contributed by atoms with E-state index in [0.29, 0.717) is 25.7 Å². The second-order valence-corrected chi connectivity index (χ2v) is 5.80. The van der Waals surface area contributed by atoms with Crippen LogP contribution in [-0.4, -0.2) is 16.1 Å². The maximum atomic E-state index is 6.28. The van der Waals surface area contributed by atoms with E-state index in [0.717, 1.165) is 31.2 Å². The SMILES string of the molecule is Clc1cc(Cl)c(-c2cnc3n2CCNC3)c(Cl)c1Cl. The van der Waals surface area contributed by atoms with Crippen LogP contribution in [0.4, 0.5) is 0 Å². The number of rotatable bonds is 1. The van der Waals surface area contributed by atoms with Crippen molar-refractivity contribution >= 4 is 46.4 Å². The van der Waals surface area contributed by atoms with Crippen molar-refractivity contribution in [1.82, 2.24) is 14.9 Å². The lowest BCUT2D eigenvalue weighted by atomic mass is 10.1. The zero-order valence-electron chi connectivity index (χ0n) is 9.68. The van der Waals surface area contributed by atoms with Crippen LogP contribution in [0.2, 0.25) is 20.1 Å². The van der Waals surface area contributed by atoms with Crippen molar-refractivity contribution in [1.29, 1.82) is 0 Å². The van der Waals surface area contributed by atoms with Crippen LogP contribution in [0.3, 0.4) is 0 Å². The molecule has 0 spiro atoms. The Morgan fingerprint density at radius 2 is 1.89 bits per heavy atom. The molecule has 1 N–H and O–H groups in total. The highest BCUT2D eigenvalue weighted by Crippen LogP contribution is 2.43. The second-order valence-electron chi connectivity index (χ2n) is 4.23. The molecule has 0 aliphatic carbocycles. The summed E-state index contributed by atoms with van der Waals surface area (Å²) in [5.74, 6) is 0.958. The van der Waals surface area contributed by atoms with Crippen LogP contribution in [0.25, 0.3) is 11.3 Å². The van der Waals surface area contributed by atoms with Crippen LogP contribution in [0.15, 0.2) is 12.3 Å². The first-order valence-electron chi connectivity index (χ1n) is 5.68. The fourth-order valence-corrected chi connectivity index (χ4v) is 3.30. The predicted octanol–water partition coefficient (Wildman–Crippen LogP) is 4.27. The van der Waals surface area contributed by atoms with Crippen molar-refractivity contribution in [2.75, 3.05) is 6.54 Å². The molecule has 1 aromatic carbocycles. The van der Waals surface area contributed by atoms with Gasteiger partial charge in [-0.15, -0.1) is 0 Å². The number of hydrogen-bond donors (Lipinski definition) is 1. The third kappa shape index (κ3) is 2.24. The van der Waals surface area contributed by atoms with E-state index in [-0.39, 0.29) is 0 Å². The molecule has 0 saturated heterocycles. The molecule has 0 bridgehead atoms. The molecule has 0 atom stereocenters. The lowest BCUT2D eigenvalue weighted by Crippen LogP contribution is -2.28. The summed E-state index contributed by atoms with van der Waals surface area (Å²) >= 11 is 24.6. The van der Waals surface area contributed by atoms with Crippen molar-refractivity contribution in [2.45, 2.75) is 13.1 Å². The summed E-state index contributed by atoms with van der Waals surface area (Å²) in [5, 5.41) is 4.75. The lowest BCUT2D eigenvalue weighted by Gasteiger charge is -2.19. The van der Waals surface area contributed by atoms with E-state index >= 15 is 0 Å². The lowest BCUT2D eigenvalue weighted by molar-refractivity contribution is 0.508. The van der Waals surface area contributed by atoms with Gasteiger partial charge in [0.2, 0.25) is 0 Å². The monoisotopic (exact) mass is 335 g/mol. The van der Waals surface area contributed by atoms with Gasteiger partial charge in [-0.05, 0) is 6.07 Å². The number of hydrogen-bond acceptors (Lipinski definition) is 2. The van der Waals surface area contributed by atoms with Gasteiger partial charge in [-0.1, -0.05) is 46.4 Å². The summed E-state index contributed by atoms with van der Waals surface area (Å²) in [5.41, 5.74) is 1.54. The largest absolute Gasteiger partial charge is 0.326 e. The number of halogens is 4. The first-order valence-corrected chi connectivity index (χ1v) is 7.19. The average Bonchev–Trinajstić information content (AvgIpc) is 2.81. The molecule has 2 heterocycles. The van der Waals surface area contributed by atoms with Crippen molar-refractivity contribution in [3.63, 3.8) is 0 Å². The molecule has 0 amide bonds. The Labute approximate surface area is 130 Å². The van der Waals surface area contributed by atoms with Gasteiger partial charge >= 0.3 is 0 Å². The van der Waals surface area contributed by atoms with E-state index in [1.165, 1.54) is 0 Å². The van der Waals surface area contributed by atoms with E-state index in [1.54, 1.807) is 12.3 Å². The maximum absolute atomic E-state index is 6.28. The van der Waals surface area contributed by atoms with E-state index in [2.05, 4.69) is 14.9 Å². The molecule has 19 heavy (non-hydrogen) atoms. The Morgan fingerprint density at radius 1 is 1.11 bits per heavy atom. The molecule has 1 aromatic heterocycles. The Balaban J connectivity index is 2.23. The second kappa shape index (κ2) is 5.15. The number of nitrogens with zero attached hydrogens (tertiary/aromatic N) is 2. The highest BCUT2D eigenvalue weighted by molar-refractivity contribution is 6.51. The van der Waals surface area contributed by atoms with Gasteiger partial charge in [0.05, 0.1) is 38.5 Å². The summed E-state index contributed by atoms with van der Waals surface area (Å²) in [7, 11) is 0. The van der Waals surface area contributed by atoms with Gasteiger partial charge in [0.15, 0.2) is 0 Å². The first-order chi connectivity index (χ1) is 9.09.